The van der Waals surface area contributed by atoms with Crippen molar-refractivity contribution in [2.45, 2.75) is 40.7 Å². The predicted octanol–water partition coefficient (Wildman–Crippen LogP) is 4.69. The van der Waals surface area contributed by atoms with Crippen molar-refractivity contribution in [1.29, 1.82) is 0 Å². The van der Waals surface area contributed by atoms with Crippen molar-refractivity contribution in [2.24, 2.45) is 5.41 Å². The highest BCUT2D eigenvalue weighted by molar-refractivity contribution is 6.05. The molecule has 1 amide bonds. The van der Waals surface area contributed by atoms with E-state index in [1.807, 2.05) is 36.4 Å². The average molecular weight is 383 g/mol. The molecule has 2 aromatic carbocycles. The van der Waals surface area contributed by atoms with Gasteiger partial charge in [0, 0.05) is 36.9 Å². The first-order valence-electron chi connectivity index (χ1n) is 9.55. The van der Waals surface area contributed by atoms with Crippen LogP contribution < -0.4 is 16.4 Å². The van der Waals surface area contributed by atoms with Crippen molar-refractivity contribution < 1.29 is 4.79 Å². The number of amides is 1. The van der Waals surface area contributed by atoms with Crippen LogP contribution in [0.5, 0.6) is 0 Å². The van der Waals surface area contributed by atoms with Crippen molar-refractivity contribution in [1.82, 2.24) is 4.90 Å². The van der Waals surface area contributed by atoms with Crippen LogP contribution in [0.4, 0.5) is 17.1 Å². The van der Waals surface area contributed by atoms with E-state index in [1.165, 1.54) is 0 Å². The number of hydrogen-bond acceptors (Lipinski definition) is 4. The molecule has 5 nitrogen and oxygen atoms in total. The number of nitrogen functional groups attached to an aromatic ring is 1. The van der Waals surface area contributed by atoms with E-state index in [0.717, 1.165) is 31.7 Å². The Morgan fingerprint density at radius 3 is 2.46 bits per heavy atom. The summed E-state index contributed by atoms with van der Waals surface area (Å²) in [7, 11) is 0. The third kappa shape index (κ3) is 5.99. The minimum absolute atomic E-state index is 0. The normalized spacial score (nSPS) is 17.0. The van der Waals surface area contributed by atoms with Crippen LogP contribution in [0.2, 0.25) is 0 Å². The Hall–Kier alpha value is -2.53. The largest absolute Gasteiger partial charge is 0.397 e. The van der Waals surface area contributed by atoms with E-state index in [4.69, 9.17) is 5.73 Å². The molecule has 0 spiro atoms. The van der Waals surface area contributed by atoms with Crippen molar-refractivity contribution in [3.05, 3.63) is 54.1 Å². The number of nitrogens with two attached hydrogens (primary N) is 1. The molecule has 28 heavy (non-hydrogen) atoms. The zero-order valence-corrected chi connectivity index (χ0v) is 16.5. The number of para-hydroxylation sites is 2. The molecule has 0 aliphatic carbocycles. The van der Waals surface area contributed by atoms with E-state index in [1.54, 1.807) is 12.1 Å². The molecule has 0 aromatic heterocycles. The Labute approximate surface area is 169 Å². The Kier molecular flexibility index (Phi) is 7.08. The predicted molar refractivity (Wildman–Crippen MR) is 120 cm³/mol. The monoisotopic (exact) mass is 382 g/mol. The smallest absolute Gasteiger partial charge is 0.255 e. The Morgan fingerprint density at radius 2 is 1.82 bits per heavy atom. The summed E-state index contributed by atoms with van der Waals surface area (Å²) in [5, 5.41) is 6.44. The number of carbonyl (C=O) groups is 1. The van der Waals surface area contributed by atoms with Crippen LogP contribution in [-0.2, 0) is 0 Å². The minimum Gasteiger partial charge on any atom is -0.397 e. The van der Waals surface area contributed by atoms with E-state index in [2.05, 4.69) is 36.3 Å². The summed E-state index contributed by atoms with van der Waals surface area (Å²) >= 11 is 0. The number of anilines is 3. The molecule has 152 valence electrons. The maximum Gasteiger partial charge on any atom is 0.255 e. The van der Waals surface area contributed by atoms with Crippen LogP contribution in [-0.4, -0.2) is 36.5 Å². The fourth-order valence-corrected chi connectivity index (χ4v) is 3.52. The summed E-state index contributed by atoms with van der Waals surface area (Å²) in [6.07, 6.45) is 1.14. The van der Waals surface area contributed by atoms with Gasteiger partial charge in [-0.2, -0.15) is 0 Å². The van der Waals surface area contributed by atoms with Crippen molar-refractivity contribution in [2.75, 3.05) is 36.0 Å². The Bertz CT molecular complexity index is 780. The number of nitrogens with one attached hydrogen (secondary N) is 2. The second kappa shape index (κ2) is 9.11. The molecular weight excluding hydrogens is 348 g/mol. The van der Waals surface area contributed by atoms with Gasteiger partial charge < -0.3 is 21.3 Å². The van der Waals surface area contributed by atoms with Crippen LogP contribution in [0.15, 0.2) is 48.5 Å². The molecule has 0 radical (unpaired) electrons. The van der Waals surface area contributed by atoms with Gasteiger partial charge in [0.25, 0.3) is 5.91 Å². The van der Waals surface area contributed by atoms with Gasteiger partial charge in [-0.1, -0.05) is 40.3 Å². The number of carbonyl (C=O) groups excluding carboxylic acids is 1. The molecule has 1 atom stereocenters. The van der Waals surface area contributed by atoms with E-state index in [9.17, 15) is 4.79 Å². The second-order valence-corrected chi connectivity index (χ2v) is 8.54. The van der Waals surface area contributed by atoms with Crippen molar-refractivity contribution in [3.63, 3.8) is 0 Å². The van der Waals surface area contributed by atoms with E-state index in [-0.39, 0.29) is 13.3 Å². The molecule has 1 aliphatic heterocycles. The summed E-state index contributed by atoms with van der Waals surface area (Å²) in [4.78, 5) is 14.9. The lowest BCUT2D eigenvalue weighted by molar-refractivity contribution is 0.102. The third-order valence-electron chi connectivity index (χ3n) is 4.70. The molecule has 0 saturated carbocycles. The van der Waals surface area contributed by atoms with Crippen LogP contribution in [0.3, 0.4) is 0 Å². The zero-order valence-electron chi connectivity index (χ0n) is 16.5. The molecule has 3 rings (SSSR count). The van der Waals surface area contributed by atoms with Crippen LogP contribution in [0.1, 0.15) is 45.0 Å². The summed E-state index contributed by atoms with van der Waals surface area (Å²) in [6.45, 7) is 10.1. The topological polar surface area (TPSA) is 70.4 Å². The summed E-state index contributed by atoms with van der Waals surface area (Å²) < 4.78 is 0. The van der Waals surface area contributed by atoms with Gasteiger partial charge in [-0.25, -0.2) is 0 Å². The van der Waals surface area contributed by atoms with Gasteiger partial charge in [0.2, 0.25) is 0 Å². The van der Waals surface area contributed by atoms with E-state index in [0.29, 0.717) is 28.4 Å². The van der Waals surface area contributed by atoms with Crippen LogP contribution in [0.25, 0.3) is 0 Å². The lowest BCUT2D eigenvalue weighted by Gasteiger charge is -2.26. The van der Waals surface area contributed by atoms with Gasteiger partial charge in [0.15, 0.2) is 0 Å². The molecule has 1 saturated heterocycles. The van der Waals surface area contributed by atoms with Crippen molar-refractivity contribution >= 4 is 23.0 Å². The minimum atomic E-state index is -0.156. The molecule has 4 N–H and O–H groups in total. The fourth-order valence-electron chi connectivity index (χ4n) is 3.52. The lowest BCUT2D eigenvalue weighted by Crippen LogP contribution is -2.32. The molecule has 0 unspecified atom stereocenters. The average Bonchev–Trinajstić information content (AvgIpc) is 3.02. The number of hydrogen-bond donors (Lipinski definition) is 3. The Balaban J connectivity index is 0.00000280. The molecule has 5 heteroatoms. The highest BCUT2D eigenvalue weighted by Gasteiger charge is 2.25. The maximum absolute atomic E-state index is 12.4. The number of likely N-dealkylation sites (tertiary alicyclic amines) is 1. The molecule has 1 aliphatic rings. The number of benzene rings is 2. The maximum atomic E-state index is 12.4. The molecular formula is C23H34N4O. The summed E-state index contributed by atoms with van der Waals surface area (Å²) in [5.41, 5.74) is 9.07. The first-order chi connectivity index (χ1) is 12.8. The van der Waals surface area contributed by atoms with E-state index >= 15 is 0 Å². The van der Waals surface area contributed by atoms with E-state index < -0.39 is 0 Å². The number of rotatable bonds is 5. The van der Waals surface area contributed by atoms with Crippen LogP contribution >= 0.6 is 0 Å². The zero-order chi connectivity index (χ0) is 19.4. The quantitative estimate of drug-likeness (QED) is 0.656. The lowest BCUT2D eigenvalue weighted by atomic mass is 9.96. The van der Waals surface area contributed by atoms with Crippen LogP contribution in [0, 0.1) is 5.41 Å². The second-order valence-electron chi connectivity index (χ2n) is 8.54. The summed E-state index contributed by atoms with van der Waals surface area (Å²) in [6, 6.07) is 15.3. The van der Waals surface area contributed by atoms with Gasteiger partial charge in [-0.3, -0.25) is 4.79 Å². The fraction of sp³-hybridized carbons (Fsp3) is 0.435. The summed E-state index contributed by atoms with van der Waals surface area (Å²) in [5.74, 6) is -0.156. The SMILES string of the molecule is C.CC(C)(C)CN1CC[C@H](Nc2ccc(C(=O)Nc3ccccc3N)cc2)C1. The van der Waals surface area contributed by atoms with Crippen molar-refractivity contribution in [3.8, 4) is 0 Å². The van der Waals surface area contributed by atoms with Gasteiger partial charge in [-0.05, 0) is 48.2 Å². The highest BCUT2D eigenvalue weighted by atomic mass is 16.1. The number of nitrogens with zero attached hydrogens (tertiary/aromatic N) is 1. The first-order valence-corrected chi connectivity index (χ1v) is 9.55. The van der Waals surface area contributed by atoms with Gasteiger partial charge >= 0.3 is 0 Å². The molecule has 2 aromatic rings. The standard InChI is InChI=1S/C22H30N4O.CH4/c1-22(2,3)15-26-13-12-18(14-26)24-17-10-8-16(9-11-17)21(27)25-20-7-5-4-6-19(20)23;/h4-11,18,24H,12-15,23H2,1-3H3,(H,25,27);1H4/t18-;/m0./s1. The molecule has 1 fully saturated rings. The Morgan fingerprint density at radius 1 is 1.14 bits per heavy atom. The molecule has 1 heterocycles. The molecule has 0 bridgehead atoms. The highest BCUT2D eigenvalue weighted by Crippen LogP contribution is 2.22. The third-order valence-corrected chi connectivity index (χ3v) is 4.70. The first kappa shape index (κ1) is 21.8. The van der Waals surface area contributed by atoms with Gasteiger partial charge in [-0.15, -0.1) is 0 Å². The van der Waals surface area contributed by atoms with Gasteiger partial charge in [0.1, 0.15) is 0 Å². The van der Waals surface area contributed by atoms with Gasteiger partial charge in [0.05, 0.1) is 11.4 Å².